The van der Waals surface area contributed by atoms with Gasteiger partial charge in [-0.15, -0.1) is 0 Å². The monoisotopic (exact) mass is 231 g/mol. The van der Waals surface area contributed by atoms with E-state index in [2.05, 4.69) is 35.2 Å². The molecule has 0 aliphatic carbocycles. The van der Waals surface area contributed by atoms with Gasteiger partial charge in [-0.05, 0) is 37.8 Å². The van der Waals surface area contributed by atoms with Gasteiger partial charge in [0.25, 0.3) is 0 Å². The standard InChI is InChI=1S/C15H21NO/c17-15-10-9-13(12-6-2-1-3-7-12)16-11-5-4-8-14(15)16/h1-3,6-7,13-15,17H,4-5,8-11H2. The van der Waals surface area contributed by atoms with Crippen LogP contribution in [0.2, 0.25) is 0 Å². The Bertz CT molecular complexity index is 364. The van der Waals surface area contributed by atoms with Crippen molar-refractivity contribution in [2.75, 3.05) is 6.54 Å². The first-order chi connectivity index (χ1) is 8.36. The number of rotatable bonds is 1. The number of fused-ring (bicyclic) bond motifs is 1. The van der Waals surface area contributed by atoms with Gasteiger partial charge >= 0.3 is 0 Å². The quantitative estimate of drug-likeness (QED) is 0.803. The molecule has 0 saturated carbocycles. The highest BCUT2D eigenvalue weighted by atomic mass is 16.3. The number of aliphatic hydroxyl groups is 1. The van der Waals surface area contributed by atoms with Gasteiger partial charge in [0.2, 0.25) is 0 Å². The molecule has 3 unspecified atom stereocenters. The molecule has 0 amide bonds. The van der Waals surface area contributed by atoms with Crippen molar-refractivity contribution >= 4 is 0 Å². The molecule has 2 nitrogen and oxygen atoms in total. The number of hydrogen-bond acceptors (Lipinski definition) is 2. The predicted molar refractivity (Wildman–Crippen MR) is 68.8 cm³/mol. The van der Waals surface area contributed by atoms with Crippen molar-refractivity contribution in [2.45, 2.75) is 50.3 Å². The lowest BCUT2D eigenvalue weighted by atomic mass is 9.84. The molecule has 2 heteroatoms. The zero-order valence-electron chi connectivity index (χ0n) is 10.3. The lowest BCUT2D eigenvalue weighted by Crippen LogP contribution is -2.51. The molecule has 0 spiro atoms. The molecule has 1 N–H and O–H groups in total. The molecule has 92 valence electrons. The topological polar surface area (TPSA) is 23.5 Å². The van der Waals surface area contributed by atoms with Gasteiger partial charge in [-0.1, -0.05) is 36.8 Å². The van der Waals surface area contributed by atoms with Gasteiger partial charge in [0.1, 0.15) is 0 Å². The summed E-state index contributed by atoms with van der Waals surface area (Å²) in [6, 6.07) is 11.7. The maximum atomic E-state index is 10.1. The van der Waals surface area contributed by atoms with Crippen LogP contribution in [0.5, 0.6) is 0 Å². The molecule has 1 aromatic rings. The molecule has 0 bridgehead atoms. The van der Waals surface area contributed by atoms with Crippen LogP contribution in [0.15, 0.2) is 30.3 Å². The first-order valence-electron chi connectivity index (χ1n) is 6.85. The molecule has 3 atom stereocenters. The third-order valence-electron chi connectivity index (χ3n) is 4.36. The van der Waals surface area contributed by atoms with Crippen molar-refractivity contribution in [3.05, 3.63) is 35.9 Å². The van der Waals surface area contributed by atoms with Crippen molar-refractivity contribution in [1.82, 2.24) is 4.90 Å². The van der Waals surface area contributed by atoms with Crippen LogP contribution in [0.3, 0.4) is 0 Å². The van der Waals surface area contributed by atoms with Crippen LogP contribution in [-0.2, 0) is 0 Å². The number of hydrogen-bond donors (Lipinski definition) is 1. The van der Waals surface area contributed by atoms with E-state index in [9.17, 15) is 5.11 Å². The van der Waals surface area contributed by atoms with E-state index in [1.807, 2.05) is 0 Å². The van der Waals surface area contributed by atoms with Crippen LogP contribution in [0, 0.1) is 0 Å². The molecule has 17 heavy (non-hydrogen) atoms. The van der Waals surface area contributed by atoms with E-state index in [0.717, 1.165) is 19.4 Å². The minimum atomic E-state index is -0.102. The fraction of sp³-hybridized carbons (Fsp3) is 0.600. The fourth-order valence-corrected chi connectivity index (χ4v) is 3.50. The van der Waals surface area contributed by atoms with Gasteiger partial charge in [0, 0.05) is 12.1 Å². The molecular formula is C15H21NO. The minimum Gasteiger partial charge on any atom is -0.391 e. The highest BCUT2D eigenvalue weighted by molar-refractivity contribution is 5.20. The van der Waals surface area contributed by atoms with Gasteiger partial charge < -0.3 is 5.11 Å². The average molecular weight is 231 g/mol. The Balaban J connectivity index is 1.85. The minimum absolute atomic E-state index is 0.102. The van der Waals surface area contributed by atoms with Crippen LogP contribution in [0.25, 0.3) is 0 Å². The second-order valence-electron chi connectivity index (χ2n) is 5.37. The van der Waals surface area contributed by atoms with Crippen LogP contribution < -0.4 is 0 Å². The summed E-state index contributed by atoms with van der Waals surface area (Å²) in [5.74, 6) is 0. The summed E-state index contributed by atoms with van der Waals surface area (Å²) >= 11 is 0. The Kier molecular flexibility index (Phi) is 3.17. The van der Waals surface area contributed by atoms with E-state index in [-0.39, 0.29) is 6.10 Å². The Labute approximate surface area is 103 Å². The molecule has 2 heterocycles. The molecule has 0 radical (unpaired) electrons. The van der Waals surface area contributed by atoms with Crippen molar-refractivity contribution < 1.29 is 5.11 Å². The Morgan fingerprint density at radius 1 is 1.00 bits per heavy atom. The van der Waals surface area contributed by atoms with Gasteiger partial charge in [0.05, 0.1) is 6.10 Å². The number of piperidine rings is 2. The molecule has 2 saturated heterocycles. The average Bonchev–Trinajstić information content (AvgIpc) is 2.41. The third-order valence-corrected chi connectivity index (χ3v) is 4.36. The molecule has 2 aliphatic rings. The summed E-state index contributed by atoms with van der Waals surface area (Å²) in [6.45, 7) is 1.15. The van der Waals surface area contributed by atoms with Crippen LogP contribution in [0.1, 0.15) is 43.7 Å². The van der Waals surface area contributed by atoms with Crippen LogP contribution >= 0.6 is 0 Å². The maximum absolute atomic E-state index is 10.1. The molecule has 1 aromatic carbocycles. The van der Waals surface area contributed by atoms with E-state index >= 15 is 0 Å². The zero-order valence-corrected chi connectivity index (χ0v) is 10.3. The highest BCUT2D eigenvalue weighted by Gasteiger charge is 2.37. The van der Waals surface area contributed by atoms with Gasteiger partial charge in [0.15, 0.2) is 0 Å². The van der Waals surface area contributed by atoms with Crippen molar-refractivity contribution in [1.29, 1.82) is 0 Å². The number of aliphatic hydroxyl groups excluding tert-OH is 1. The normalized spacial score (nSPS) is 34.3. The second kappa shape index (κ2) is 4.79. The summed E-state index contributed by atoms with van der Waals surface area (Å²) < 4.78 is 0. The smallest absolute Gasteiger partial charge is 0.0696 e. The Hall–Kier alpha value is -0.860. The first-order valence-corrected chi connectivity index (χ1v) is 6.85. The van der Waals surface area contributed by atoms with Crippen molar-refractivity contribution in [2.24, 2.45) is 0 Å². The molecule has 3 rings (SSSR count). The lowest BCUT2D eigenvalue weighted by Gasteiger charge is -2.47. The zero-order chi connectivity index (χ0) is 11.7. The van der Waals surface area contributed by atoms with Crippen molar-refractivity contribution in [3.8, 4) is 0 Å². The number of nitrogens with zero attached hydrogens (tertiary/aromatic N) is 1. The summed E-state index contributed by atoms with van der Waals surface area (Å²) in [7, 11) is 0. The van der Waals surface area contributed by atoms with E-state index in [0.29, 0.717) is 12.1 Å². The SMILES string of the molecule is OC1CCC(c2ccccc2)N2CCCCC12. The highest BCUT2D eigenvalue weighted by Crippen LogP contribution is 2.38. The summed E-state index contributed by atoms with van der Waals surface area (Å²) in [5.41, 5.74) is 1.42. The molecule has 0 aromatic heterocycles. The van der Waals surface area contributed by atoms with Gasteiger partial charge in [-0.2, -0.15) is 0 Å². The molecular weight excluding hydrogens is 210 g/mol. The molecule has 2 aliphatic heterocycles. The predicted octanol–water partition coefficient (Wildman–Crippen LogP) is 2.74. The summed E-state index contributed by atoms with van der Waals surface area (Å²) in [4.78, 5) is 2.55. The van der Waals surface area contributed by atoms with Crippen molar-refractivity contribution in [3.63, 3.8) is 0 Å². The van der Waals surface area contributed by atoms with Crippen LogP contribution in [-0.4, -0.2) is 28.7 Å². The Morgan fingerprint density at radius 3 is 2.65 bits per heavy atom. The van der Waals surface area contributed by atoms with Crippen LogP contribution in [0.4, 0.5) is 0 Å². The van der Waals surface area contributed by atoms with Gasteiger partial charge in [-0.25, -0.2) is 0 Å². The third kappa shape index (κ3) is 2.12. The fourth-order valence-electron chi connectivity index (χ4n) is 3.50. The Morgan fingerprint density at radius 2 is 1.82 bits per heavy atom. The van der Waals surface area contributed by atoms with Gasteiger partial charge in [-0.3, -0.25) is 4.90 Å². The molecule has 2 fully saturated rings. The second-order valence-corrected chi connectivity index (χ2v) is 5.37. The van der Waals surface area contributed by atoms with E-state index in [4.69, 9.17) is 0 Å². The number of benzene rings is 1. The van der Waals surface area contributed by atoms with E-state index in [1.165, 1.54) is 24.8 Å². The largest absolute Gasteiger partial charge is 0.391 e. The van der Waals surface area contributed by atoms with E-state index < -0.39 is 0 Å². The lowest BCUT2D eigenvalue weighted by molar-refractivity contribution is -0.0414. The summed E-state index contributed by atoms with van der Waals surface area (Å²) in [5, 5.41) is 10.1. The summed E-state index contributed by atoms with van der Waals surface area (Å²) in [6.07, 6.45) is 5.69. The van der Waals surface area contributed by atoms with E-state index in [1.54, 1.807) is 0 Å². The maximum Gasteiger partial charge on any atom is 0.0696 e. The first kappa shape index (κ1) is 11.2.